The van der Waals surface area contributed by atoms with Crippen LogP contribution in [0.2, 0.25) is 0 Å². The van der Waals surface area contributed by atoms with Crippen molar-refractivity contribution in [3.05, 3.63) is 0 Å². The Morgan fingerprint density at radius 2 is 1.89 bits per heavy atom. The van der Waals surface area contributed by atoms with E-state index in [2.05, 4.69) is 12.2 Å². The number of aliphatic hydroxyl groups is 1. The van der Waals surface area contributed by atoms with Gasteiger partial charge in [-0.2, -0.15) is 0 Å². The summed E-state index contributed by atoms with van der Waals surface area (Å²) in [4.78, 5) is 14.0. The number of hydrogen-bond acceptors (Lipinski definition) is 3. The minimum absolute atomic E-state index is 0.116. The molecule has 0 radical (unpaired) electrons. The SMILES string of the molecule is CC1CCC(NC(=O)CN2CC(O)(C(C)C)C2)CC1. The van der Waals surface area contributed by atoms with Gasteiger partial charge in [0.05, 0.1) is 12.1 Å². The second kappa shape index (κ2) is 5.80. The molecule has 1 aliphatic heterocycles. The molecule has 0 aromatic rings. The highest BCUT2D eigenvalue weighted by atomic mass is 16.3. The van der Waals surface area contributed by atoms with Crippen LogP contribution in [-0.4, -0.2) is 47.2 Å². The average molecular weight is 268 g/mol. The van der Waals surface area contributed by atoms with Crippen LogP contribution in [0.25, 0.3) is 0 Å². The van der Waals surface area contributed by atoms with E-state index in [4.69, 9.17) is 0 Å². The smallest absolute Gasteiger partial charge is 0.234 e. The Kier molecular flexibility index (Phi) is 4.51. The molecule has 0 aromatic carbocycles. The lowest BCUT2D eigenvalue weighted by Crippen LogP contribution is -2.66. The molecule has 110 valence electrons. The number of nitrogens with one attached hydrogen (secondary N) is 1. The first-order chi connectivity index (χ1) is 8.89. The van der Waals surface area contributed by atoms with Crippen LogP contribution in [0.5, 0.6) is 0 Å². The summed E-state index contributed by atoms with van der Waals surface area (Å²) in [7, 11) is 0. The summed E-state index contributed by atoms with van der Waals surface area (Å²) < 4.78 is 0. The minimum Gasteiger partial charge on any atom is -0.387 e. The molecule has 4 nitrogen and oxygen atoms in total. The molecule has 0 unspecified atom stereocenters. The molecule has 2 aliphatic rings. The molecule has 0 aromatic heterocycles. The lowest BCUT2D eigenvalue weighted by Gasteiger charge is -2.48. The Balaban J connectivity index is 1.66. The number of rotatable bonds is 4. The van der Waals surface area contributed by atoms with E-state index in [0.29, 0.717) is 25.7 Å². The fourth-order valence-electron chi connectivity index (χ4n) is 3.09. The van der Waals surface area contributed by atoms with E-state index in [9.17, 15) is 9.90 Å². The van der Waals surface area contributed by atoms with Crippen LogP contribution in [0.15, 0.2) is 0 Å². The Morgan fingerprint density at radius 3 is 2.42 bits per heavy atom. The van der Waals surface area contributed by atoms with Gasteiger partial charge in [0.2, 0.25) is 5.91 Å². The van der Waals surface area contributed by atoms with Gasteiger partial charge in [-0.15, -0.1) is 0 Å². The lowest BCUT2D eigenvalue weighted by atomic mass is 9.83. The first kappa shape index (κ1) is 14.8. The summed E-state index contributed by atoms with van der Waals surface area (Å²) >= 11 is 0. The molecule has 2 fully saturated rings. The van der Waals surface area contributed by atoms with Crippen LogP contribution in [0, 0.1) is 11.8 Å². The Bertz CT molecular complexity index is 316. The zero-order valence-corrected chi connectivity index (χ0v) is 12.5. The maximum absolute atomic E-state index is 11.9. The molecular formula is C15H28N2O2. The third-order valence-electron chi connectivity index (χ3n) is 4.82. The molecule has 0 spiro atoms. The predicted octanol–water partition coefficient (Wildman–Crippen LogP) is 1.38. The highest BCUT2D eigenvalue weighted by molar-refractivity contribution is 5.78. The fourth-order valence-corrected chi connectivity index (χ4v) is 3.09. The maximum atomic E-state index is 11.9. The number of β-amino-alcohol motifs (C(OH)–C–C–N with tert-alkyl or cyclic N) is 1. The molecule has 0 bridgehead atoms. The van der Waals surface area contributed by atoms with Gasteiger partial charge < -0.3 is 10.4 Å². The Morgan fingerprint density at radius 1 is 1.32 bits per heavy atom. The number of likely N-dealkylation sites (tertiary alicyclic amines) is 1. The summed E-state index contributed by atoms with van der Waals surface area (Å²) in [6, 6.07) is 0.369. The van der Waals surface area contributed by atoms with Gasteiger partial charge in [0, 0.05) is 19.1 Å². The maximum Gasteiger partial charge on any atom is 0.234 e. The van der Waals surface area contributed by atoms with Crippen LogP contribution in [0.4, 0.5) is 0 Å². The number of carbonyl (C=O) groups excluding carboxylic acids is 1. The third-order valence-corrected chi connectivity index (χ3v) is 4.82. The van der Waals surface area contributed by atoms with Crippen molar-refractivity contribution in [2.45, 2.75) is 58.1 Å². The first-order valence-corrected chi connectivity index (χ1v) is 7.63. The van der Waals surface area contributed by atoms with Gasteiger partial charge in [-0.3, -0.25) is 9.69 Å². The molecule has 19 heavy (non-hydrogen) atoms. The average Bonchev–Trinajstić information content (AvgIpc) is 2.29. The number of nitrogens with zero attached hydrogens (tertiary/aromatic N) is 1. The lowest BCUT2D eigenvalue weighted by molar-refractivity contribution is -0.142. The van der Waals surface area contributed by atoms with E-state index in [0.717, 1.165) is 18.8 Å². The highest BCUT2D eigenvalue weighted by Gasteiger charge is 2.44. The topological polar surface area (TPSA) is 52.6 Å². The van der Waals surface area contributed by atoms with Crippen molar-refractivity contribution in [3.8, 4) is 0 Å². The Hall–Kier alpha value is -0.610. The van der Waals surface area contributed by atoms with Crippen molar-refractivity contribution in [2.24, 2.45) is 11.8 Å². The summed E-state index contributed by atoms with van der Waals surface area (Å²) in [5.74, 6) is 1.18. The van der Waals surface area contributed by atoms with Crippen LogP contribution in [-0.2, 0) is 4.79 Å². The van der Waals surface area contributed by atoms with Gasteiger partial charge in [-0.05, 0) is 37.5 Å². The van der Waals surface area contributed by atoms with E-state index >= 15 is 0 Å². The molecular weight excluding hydrogens is 240 g/mol. The van der Waals surface area contributed by atoms with Crippen LogP contribution >= 0.6 is 0 Å². The molecule has 1 amide bonds. The van der Waals surface area contributed by atoms with Gasteiger partial charge in [0.1, 0.15) is 0 Å². The van der Waals surface area contributed by atoms with Gasteiger partial charge in [-0.1, -0.05) is 20.8 Å². The third kappa shape index (κ3) is 3.69. The summed E-state index contributed by atoms with van der Waals surface area (Å²) in [6.45, 7) is 8.02. The largest absolute Gasteiger partial charge is 0.387 e. The minimum atomic E-state index is -0.583. The summed E-state index contributed by atoms with van der Waals surface area (Å²) in [6.07, 6.45) is 4.68. The number of amides is 1. The zero-order chi connectivity index (χ0) is 14.0. The van der Waals surface area contributed by atoms with Crippen molar-refractivity contribution in [1.82, 2.24) is 10.2 Å². The summed E-state index contributed by atoms with van der Waals surface area (Å²) in [5, 5.41) is 13.3. The summed E-state index contributed by atoms with van der Waals surface area (Å²) in [5.41, 5.74) is -0.583. The fraction of sp³-hybridized carbons (Fsp3) is 0.933. The molecule has 1 saturated carbocycles. The van der Waals surface area contributed by atoms with Crippen LogP contribution in [0.3, 0.4) is 0 Å². The van der Waals surface area contributed by atoms with Gasteiger partial charge in [-0.25, -0.2) is 0 Å². The van der Waals surface area contributed by atoms with E-state index < -0.39 is 5.60 Å². The van der Waals surface area contributed by atoms with E-state index in [1.807, 2.05) is 18.7 Å². The van der Waals surface area contributed by atoms with Crippen molar-refractivity contribution >= 4 is 5.91 Å². The molecule has 2 rings (SSSR count). The van der Waals surface area contributed by atoms with E-state index in [-0.39, 0.29) is 11.8 Å². The Labute approximate surface area is 116 Å². The van der Waals surface area contributed by atoms with Crippen LogP contribution < -0.4 is 5.32 Å². The van der Waals surface area contributed by atoms with E-state index in [1.165, 1.54) is 12.8 Å². The second-order valence-corrected chi connectivity index (χ2v) is 6.93. The normalized spacial score (nSPS) is 31.0. The molecule has 1 aliphatic carbocycles. The quantitative estimate of drug-likeness (QED) is 0.810. The van der Waals surface area contributed by atoms with Gasteiger partial charge in [0.15, 0.2) is 0 Å². The number of hydrogen-bond donors (Lipinski definition) is 2. The standard InChI is InChI=1S/C15H28N2O2/c1-11(2)15(19)9-17(10-15)8-14(18)16-13-6-4-12(3)5-7-13/h11-13,19H,4-10H2,1-3H3,(H,16,18). The molecule has 1 saturated heterocycles. The second-order valence-electron chi connectivity index (χ2n) is 6.93. The van der Waals surface area contributed by atoms with Crippen molar-refractivity contribution in [1.29, 1.82) is 0 Å². The first-order valence-electron chi connectivity index (χ1n) is 7.63. The zero-order valence-electron chi connectivity index (χ0n) is 12.5. The number of carbonyl (C=O) groups is 1. The molecule has 1 heterocycles. The van der Waals surface area contributed by atoms with Crippen molar-refractivity contribution in [3.63, 3.8) is 0 Å². The highest BCUT2D eigenvalue weighted by Crippen LogP contribution is 2.28. The van der Waals surface area contributed by atoms with Gasteiger partial charge in [0.25, 0.3) is 0 Å². The predicted molar refractivity (Wildman–Crippen MR) is 75.8 cm³/mol. The van der Waals surface area contributed by atoms with E-state index in [1.54, 1.807) is 0 Å². The monoisotopic (exact) mass is 268 g/mol. The van der Waals surface area contributed by atoms with Crippen LogP contribution in [0.1, 0.15) is 46.5 Å². The van der Waals surface area contributed by atoms with Crippen molar-refractivity contribution < 1.29 is 9.90 Å². The van der Waals surface area contributed by atoms with Gasteiger partial charge >= 0.3 is 0 Å². The molecule has 2 N–H and O–H groups in total. The molecule has 0 atom stereocenters. The molecule has 4 heteroatoms. The van der Waals surface area contributed by atoms with Crippen molar-refractivity contribution in [2.75, 3.05) is 19.6 Å².